The van der Waals surface area contributed by atoms with Gasteiger partial charge in [-0.15, -0.1) is 0 Å². The summed E-state index contributed by atoms with van der Waals surface area (Å²) >= 11 is 11.8. The number of carbonyl (C=O) groups excluding carboxylic acids is 1. The molecule has 0 saturated carbocycles. The quantitative estimate of drug-likeness (QED) is 0.707. The number of hydrogen-bond donors (Lipinski definition) is 1. The van der Waals surface area contributed by atoms with E-state index >= 15 is 0 Å². The summed E-state index contributed by atoms with van der Waals surface area (Å²) in [7, 11) is 0. The summed E-state index contributed by atoms with van der Waals surface area (Å²) in [5.74, 6) is -1.02. The Labute approximate surface area is 158 Å². The van der Waals surface area contributed by atoms with Crippen molar-refractivity contribution in [2.75, 3.05) is 5.32 Å². The zero-order chi connectivity index (χ0) is 18.7. The first-order valence-corrected chi connectivity index (χ1v) is 8.40. The molecule has 0 aliphatic carbocycles. The molecule has 132 valence electrons. The highest BCUT2D eigenvalue weighted by atomic mass is 35.5. The van der Waals surface area contributed by atoms with Gasteiger partial charge in [-0.3, -0.25) is 9.59 Å². The van der Waals surface area contributed by atoms with Crippen LogP contribution in [0.1, 0.15) is 15.9 Å². The van der Waals surface area contributed by atoms with Gasteiger partial charge in [-0.2, -0.15) is 0 Å². The maximum absolute atomic E-state index is 13.2. The molecule has 1 heterocycles. The molecule has 1 amide bonds. The van der Waals surface area contributed by atoms with Crippen LogP contribution in [-0.2, 0) is 6.54 Å². The van der Waals surface area contributed by atoms with E-state index in [1.54, 1.807) is 12.1 Å². The number of pyridine rings is 1. The summed E-state index contributed by atoms with van der Waals surface area (Å²) < 4.78 is 14.6. The number of rotatable bonds is 4. The lowest BCUT2D eigenvalue weighted by Crippen LogP contribution is -2.22. The lowest BCUT2D eigenvalue weighted by Gasteiger charge is -2.10. The molecule has 0 radical (unpaired) electrons. The summed E-state index contributed by atoms with van der Waals surface area (Å²) in [5, 5.41) is 3.06. The molecular weight excluding hydrogens is 378 g/mol. The van der Waals surface area contributed by atoms with Crippen LogP contribution in [0.25, 0.3) is 0 Å². The van der Waals surface area contributed by atoms with Crippen molar-refractivity contribution < 1.29 is 9.18 Å². The van der Waals surface area contributed by atoms with Crippen LogP contribution in [0.5, 0.6) is 0 Å². The highest BCUT2D eigenvalue weighted by Crippen LogP contribution is 2.20. The first-order chi connectivity index (χ1) is 12.4. The lowest BCUT2D eigenvalue weighted by molar-refractivity contribution is 0.102. The first kappa shape index (κ1) is 18.2. The molecule has 0 aliphatic rings. The molecule has 0 fully saturated rings. The van der Waals surface area contributed by atoms with Crippen LogP contribution in [-0.4, -0.2) is 10.5 Å². The largest absolute Gasteiger partial charge is 0.322 e. The van der Waals surface area contributed by atoms with Crippen molar-refractivity contribution in [3.05, 3.63) is 98.1 Å². The van der Waals surface area contributed by atoms with Crippen LogP contribution in [0.2, 0.25) is 10.0 Å². The van der Waals surface area contributed by atoms with Crippen molar-refractivity contribution in [3.8, 4) is 0 Å². The van der Waals surface area contributed by atoms with E-state index in [9.17, 15) is 14.0 Å². The van der Waals surface area contributed by atoms with Crippen LogP contribution in [0.15, 0.2) is 65.6 Å². The van der Waals surface area contributed by atoms with Crippen molar-refractivity contribution in [1.29, 1.82) is 0 Å². The number of amides is 1. The molecule has 7 heteroatoms. The van der Waals surface area contributed by atoms with Crippen molar-refractivity contribution in [3.63, 3.8) is 0 Å². The van der Waals surface area contributed by atoms with E-state index in [4.69, 9.17) is 23.2 Å². The molecule has 2 aromatic carbocycles. The zero-order valence-electron chi connectivity index (χ0n) is 13.4. The summed E-state index contributed by atoms with van der Waals surface area (Å²) in [6.45, 7) is 0.238. The summed E-state index contributed by atoms with van der Waals surface area (Å²) in [6.07, 6.45) is 1.45. The molecule has 0 unspecified atom stereocenters. The average Bonchev–Trinajstić information content (AvgIpc) is 2.62. The molecule has 26 heavy (non-hydrogen) atoms. The second kappa shape index (κ2) is 7.72. The van der Waals surface area contributed by atoms with Crippen LogP contribution in [0.3, 0.4) is 0 Å². The fraction of sp³-hybridized carbons (Fsp3) is 0.0526. The Balaban J connectivity index is 1.84. The second-order valence-electron chi connectivity index (χ2n) is 5.56. The van der Waals surface area contributed by atoms with Gasteiger partial charge in [0.25, 0.3) is 11.5 Å². The molecule has 0 spiro atoms. The Morgan fingerprint density at radius 1 is 1.04 bits per heavy atom. The third-order valence-electron chi connectivity index (χ3n) is 3.72. The highest BCUT2D eigenvalue weighted by Gasteiger charge is 2.10. The molecule has 0 bridgehead atoms. The normalized spacial score (nSPS) is 10.6. The van der Waals surface area contributed by atoms with Gasteiger partial charge in [0, 0.05) is 23.0 Å². The third kappa shape index (κ3) is 4.12. The molecule has 0 aliphatic heterocycles. The van der Waals surface area contributed by atoms with Gasteiger partial charge < -0.3 is 9.88 Å². The van der Waals surface area contributed by atoms with Gasteiger partial charge in [-0.1, -0.05) is 41.4 Å². The smallest absolute Gasteiger partial charge is 0.257 e. The first-order valence-electron chi connectivity index (χ1n) is 7.64. The summed E-state index contributed by atoms with van der Waals surface area (Å²) in [6, 6.07) is 13.8. The molecule has 1 aromatic heterocycles. The van der Waals surface area contributed by atoms with E-state index in [0.717, 1.165) is 11.6 Å². The Bertz CT molecular complexity index is 1030. The van der Waals surface area contributed by atoms with Crippen LogP contribution in [0.4, 0.5) is 10.1 Å². The van der Waals surface area contributed by atoms with Gasteiger partial charge in [0.2, 0.25) is 0 Å². The number of nitrogens with zero attached hydrogens (tertiary/aromatic N) is 1. The topological polar surface area (TPSA) is 51.1 Å². The molecular formula is C19H13Cl2FN2O2. The number of carbonyl (C=O) groups is 1. The third-order valence-corrected chi connectivity index (χ3v) is 4.38. The minimum atomic E-state index is -0.571. The fourth-order valence-electron chi connectivity index (χ4n) is 2.38. The summed E-state index contributed by atoms with van der Waals surface area (Å²) in [4.78, 5) is 24.5. The van der Waals surface area contributed by atoms with Crippen LogP contribution < -0.4 is 10.9 Å². The SMILES string of the molecule is O=C(Nc1ccc(F)c(Cl)c1)c1ccc(=O)n(Cc2ccccc2Cl)c1. The highest BCUT2D eigenvalue weighted by molar-refractivity contribution is 6.31. The Morgan fingerprint density at radius 2 is 1.81 bits per heavy atom. The Morgan fingerprint density at radius 3 is 2.54 bits per heavy atom. The van der Waals surface area contributed by atoms with E-state index < -0.39 is 11.7 Å². The van der Waals surface area contributed by atoms with Crippen molar-refractivity contribution >= 4 is 34.8 Å². The van der Waals surface area contributed by atoms with Crippen LogP contribution in [0, 0.1) is 5.82 Å². The Kier molecular flexibility index (Phi) is 5.40. The maximum atomic E-state index is 13.2. The van der Waals surface area contributed by atoms with E-state index in [0.29, 0.717) is 10.7 Å². The monoisotopic (exact) mass is 390 g/mol. The minimum absolute atomic E-state index is 0.0912. The fourth-order valence-corrected chi connectivity index (χ4v) is 2.75. The molecule has 0 atom stereocenters. The number of benzene rings is 2. The van der Waals surface area contributed by atoms with E-state index in [2.05, 4.69) is 5.32 Å². The molecule has 3 aromatic rings. The van der Waals surface area contributed by atoms with E-state index in [-0.39, 0.29) is 22.7 Å². The Hall–Kier alpha value is -2.63. The number of aromatic nitrogens is 1. The maximum Gasteiger partial charge on any atom is 0.257 e. The van der Waals surface area contributed by atoms with Crippen LogP contribution >= 0.6 is 23.2 Å². The van der Waals surface area contributed by atoms with Gasteiger partial charge in [0.05, 0.1) is 17.1 Å². The standard InChI is InChI=1S/C19H13Cl2FN2O2/c20-15-4-2-1-3-12(15)10-24-11-13(5-8-18(24)25)19(26)23-14-6-7-17(22)16(21)9-14/h1-9,11H,10H2,(H,23,26). The van der Waals surface area contributed by atoms with Gasteiger partial charge in [0.1, 0.15) is 5.82 Å². The zero-order valence-corrected chi connectivity index (χ0v) is 14.9. The molecule has 3 rings (SSSR count). The van der Waals surface area contributed by atoms with Gasteiger partial charge in [-0.05, 0) is 35.9 Å². The lowest BCUT2D eigenvalue weighted by atomic mass is 10.2. The van der Waals surface area contributed by atoms with Crippen molar-refractivity contribution in [2.24, 2.45) is 0 Å². The minimum Gasteiger partial charge on any atom is -0.322 e. The second-order valence-corrected chi connectivity index (χ2v) is 6.37. The molecule has 4 nitrogen and oxygen atoms in total. The molecule has 0 saturated heterocycles. The van der Waals surface area contributed by atoms with E-state index in [1.165, 1.54) is 35.0 Å². The number of hydrogen-bond acceptors (Lipinski definition) is 2. The number of halogens is 3. The predicted octanol–water partition coefficient (Wildman–Crippen LogP) is 4.59. The van der Waals surface area contributed by atoms with E-state index in [1.807, 2.05) is 12.1 Å². The van der Waals surface area contributed by atoms with Crippen molar-refractivity contribution in [1.82, 2.24) is 4.57 Å². The van der Waals surface area contributed by atoms with Gasteiger partial charge in [0.15, 0.2) is 0 Å². The van der Waals surface area contributed by atoms with Gasteiger partial charge in [-0.25, -0.2) is 4.39 Å². The van der Waals surface area contributed by atoms with Gasteiger partial charge >= 0.3 is 0 Å². The predicted molar refractivity (Wildman–Crippen MR) is 101 cm³/mol. The number of nitrogens with one attached hydrogen (secondary N) is 1. The number of anilines is 1. The van der Waals surface area contributed by atoms with Crippen molar-refractivity contribution in [2.45, 2.75) is 6.54 Å². The average molecular weight is 391 g/mol. The molecule has 1 N–H and O–H groups in total. The summed E-state index contributed by atoms with van der Waals surface area (Å²) in [5.41, 5.74) is 1.13.